The fourth-order valence-corrected chi connectivity index (χ4v) is 4.98. The van der Waals surface area contributed by atoms with Gasteiger partial charge in [0.1, 0.15) is 16.1 Å². The van der Waals surface area contributed by atoms with Crippen LogP contribution in [0.15, 0.2) is 60.7 Å². The van der Waals surface area contributed by atoms with Gasteiger partial charge in [0.15, 0.2) is 5.13 Å². The van der Waals surface area contributed by atoms with Crippen LogP contribution in [0.5, 0.6) is 11.6 Å². The molecule has 2 aromatic carbocycles. The maximum Gasteiger partial charge on any atom is 0.229 e. The Morgan fingerprint density at radius 1 is 0.971 bits per heavy atom. The molecule has 2 amide bonds. The summed E-state index contributed by atoms with van der Waals surface area (Å²) in [5.74, 6) is 1.50. The summed E-state index contributed by atoms with van der Waals surface area (Å²) >= 11 is 1.33. The van der Waals surface area contributed by atoms with Crippen molar-refractivity contribution in [3.63, 3.8) is 0 Å². The largest absolute Gasteiger partial charge is 0.439 e. The van der Waals surface area contributed by atoms with Gasteiger partial charge in [-0.3, -0.25) is 9.59 Å². The number of fused-ring (bicyclic) bond motifs is 1. The lowest BCUT2D eigenvalue weighted by Crippen LogP contribution is -2.14. The molecule has 6 rings (SSSR count). The lowest BCUT2D eigenvalue weighted by atomic mass is 10.1. The molecule has 0 spiro atoms. The number of hydrogen-bond acceptors (Lipinski definition) is 6. The average molecular weight is 485 g/mol. The van der Waals surface area contributed by atoms with E-state index in [1.807, 2.05) is 49.4 Å². The highest BCUT2D eigenvalue weighted by atomic mass is 32.1. The molecule has 176 valence electrons. The van der Waals surface area contributed by atoms with Crippen LogP contribution >= 0.6 is 11.3 Å². The van der Waals surface area contributed by atoms with E-state index in [1.54, 1.807) is 6.07 Å². The maximum absolute atomic E-state index is 12.8. The number of ether oxygens (including phenoxy) is 1. The van der Waals surface area contributed by atoms with Gasteiger partial charge in [-0.1, -0.05) is 47.7 Å². The van der Waals surface area contributed by atoms with Crippen LogP contribution in [0.3, 0.4) is 0 Å². The number of rotatable bonds is 7. The minimum atomic E-state index is -0.00641. The molecule has 2 aliphatic carbocycles. The van der Waals surface area contributed by atoms with Crippen LogP contribution < -0.4 is 15.4 Å². The van der Waals surface area contributed by atoms with Gasteiger partial charge in [-0.15, -0.1) is 0 Å². The van der Waals surface area contributed by atoms with E-state index in [1.165, 1.54) is 16.9 Å². The molecule has 2 fully saturated rings. The highest BCUT2D eigenvalue weighted by molar-refractivity contribution is 7.21. The normalized spacial score (nSPS) is 18.8. The molecular formula is C27H24N4O3S. The number of carbonyl (C=O) groups is 2. The first-order chi connectivity index (χ1) is 17.0. The molecule has 2 atom stereocenters. The van der Waals surface area contributed by atoms with Crippen LogP contribution in [-0.2, 0) is 9.59 Å². The molecule has 0 bridgehead atoms. The number of nitrogens with zero attached hydrogens (tertiary/aromatic N) is 2. The highest BCUT2D eigenvalue weighted by Gasteiger charge is 2.43. The van der Waals surface area contributed by atoms with Crippen molar-refractivity contribution in [3.8, 4) is 11.6 Å². The summed E-state index contributed by atoms with van der Waals surface area (Å²) < 4.78 is 6.07. The van der Waals surface area contributed by atoms with Crippen LogP contribution in [0.2, 0.25) is 0 Å². The van der Waals surface area contributed by atoms with Gasteiger partial charge < -0.3 is 15.4 Å². The van der Waals surface area contributed by atoms with Crippen molar-refractivity contribution in [2.24, 2.45) is 11.8 Å². The average Bonchev–Trinajstić information content (AvgIpc) is 3.78. The van der Waals surface area contributed by atoms with Gasteiger partial charge in [-0.05, 0) is 55.4 Å². The van der Waals surface area contributed by atoms with E-state index >= 15 is 0 Å². The van der Waals surface area contributed by atoms with Gasteiger partial charge in [0.05, 0.1) is 0 Å². The van der Waals surface area contributed by atoms with Crippen molar-refractivity contribution in [2.45, 2.75) is 32.1 Å². The summed E-state index contributed by atoms with van der Waals surface area (Å²) in [5, 5.41) is 6.46. The number of carbonyl (C=O) groups excluding carboxylic acids is 2. The smallest absolute Gasteiger partial charge is 0.229 e. The number of hydrogen-bond donors (Lipinski definition) is 2. The number of nitrogens with one attached hydrogen (secondary N) is 2. The third kappa shape index (κ3) is 4.74. The standard InChI is InChI=1S/C27H24N4O3S/c1-15-7-10-18(28-25(33)20-14-19(20)16-5-3-2-4-6-16)13-22(15)34-23-12-11-21-26(30-23)35-27(29-21)31-24(32)17-8-9-17/h2-7,10-13,17,19-20H,8-9,14H2,1H3,(H,28,33)(H,29,31,32)/t19-,20+/m0/s1. The first-order valence-electron chi connectivity index (χ1n) is 11.8. The van der Waals surface area contributed by atoms with Gasteiger partial charge in [-0.2, -0.15) is 0 Å². The SMILES string of the molecule is Cc1ccc(NC(=O)[C@@H]2C[C@H]2c2ccccc2)cc1Oc1ccc2nc(NC(=O)C3CC3)sc2n1. The predicted octanol–water partition coefficient (Wildman–Crippen LogP) is 5.88. The Hall–Kier alpha value is -3.78. The predicted molar refractivity (Wildman–Crippen MR) is 136 cm³/mol. The molecule has 0 radical (unpaired) electrons. The van der Waals surface area contributed by atoms with Gasteiger partial charge in [0.25, 0.3) is 0 Å². The van der Waals surface area contributed by atoms with Gasteiger partial charge in [-0.25, -0.2) is 9.97 Å². The second-order valence-electron chi connectivity index (χ2n) is 9.19. The number of pyridine rings is 1. The Morgan fingerprint density at radius 3 is 2.60 bits per heavy atom. The number of thiazole rings is 1. The van der Waals surface area contributed by atoms with E-state index in [2.05, 4.69) is 32.7 Å². The second kappa shape index (κ2) is 8.78. The molecule has 0 aliphatic heterocycles. The Balaban J connectivity index is 1.14. The van der Waals surface area contributed by atoms with E-state index in [-0.39, 0.29) is 29.6 Å². The third-order valence-electron chi connectivity index (χ3n) is 6.43. The van der Waals surface area contributed by atoms with Crippen LogP contribution in [0.4, 0.5) is 10.8 Å². The maximum atomic E-state index is 12.8. The van der Waals surface area contributed by atoms with Crippen molar-refractivity contribution in [1.29, 1.82) is 0 Å². The van der Waals surface area contributed by atoms with Gasteiger partial charge in [0.2, 0.25) is 17.7 Å². The van der Waals surface area contributed by atoms with Crippen LogP contribution in [0.1, 0.15) is 36.3 Å². The highest BCUT2D eigenvalue weighted by Crippen LogP contribution is 2.48. The van der Waals surface area contributed by atoms with Crippen molar-refractivity contribution < 1.29 is 14.3 Å². The summed E-state index contributed by atoms with van der Waals surface area (Å²) in [6.45, 7) is 1.95. The van der Waals surface area contributed by atoms with Crippen LogP contribution in [0.25, 0.3) is 10.3 Å². The van der Waals surface area contributed by atoms with Crippen molar-refractivity contribution >= 4 is 44.3 Å². The molecule has 2 aromatic heterocycles. The number of aromatic nitrogens is 2. The van der Waals surface area contributed by atoms with Crippen molar-refractivity contribution in [3.05, 3.63) is 71.8 Å². The molecule has 2 saturated carbocycles. The summed E-state index contributed by atoms with van der Waals surface area (Å²) in [4.78, 5) is 34.5. The first kappa shape index (κ1) is 21.7. The zero-order valence-corrected chi connectivity index (χ0v) is 20.0. The fourth-order valence-electron chi connectivity index (χ4n) is 4.15. The molecule has 4 aromatic rings. The zero-order chi connectivity index (χ0) is 23.9. The quantitative estimate of drug-likeness (QED) is 0.342. The lowest BCUT2D eigenvalue weighted by Gasteiger charge is -2.11. The van der Waals surface area contributed by atoms with E-state index in [4.69, 9.17) is 4.74 Å². The molecule has 0 unspecified atom stereocenters. The molecule has 35 heavy (non-hydrogen) atoms. The van der Waals surface area contributed by atoms with E-state index in [0.29, 0.717) is 32.8 Å². The summed E-state index contributed by atoms with van der Waals surface area (Å²) in [6, 6.07) is 19.4. The van der Waals surface area contributed by atoms with Gasteiger partial charge in [0, 0.05) is 29.7 Å². The van der Waals surface area contributed by atoms with Crippen LogP contribution in [-0.4, -0.2) is 21.8 Å². The zero-order valence-electron chi connectivity index (χ0n) is 19.2. The number of amides is 2. The number of benzene rings is 2. The topological polar surface area (TPSA) is 93.2 Å². The first-order valence-corrected chi connectivity index (χ1v) is 12.6. The van der Waals surface area contributed by atoms with Crippen molar-refractivity contribution in [1.82, 2.24) is 9.97 Å². The molecule has 2 heterocycles. The number of aryl methyl sites for hydroxylation is 1. The van der Waals surface area contributed by atoms with Crippen LogP contribution in [0, 0.1) is 18.8 Å². The van der Waals surface area contributed by atoms with Gasteiger partial charge >= 0.3 is 0 Å². The van der Waals surface area contributed by atoms with E-state index in [9.17, 15) is 9.59 Å². The van der Waals surface area contributed by atoms with Crippen molar-refractivity contribution in [2.75, 3.05) is 10.6 Å². The molecule has 2 N–H and O–H groups in total. The monoisotopic (exact) mass is 484 g/mol. The third-order valence-corrected chi connectivity index (χ3v) is 7.31. The second-order valence-corrected chi connectivity index (χ2v) is 10.2. The Bertz CT molecular complexity index is 1430. The minimum absolute atomic E-state index is 0.00641. The summed E-state index contributed by atoms with van der Waals surface area (Å²) in [6.07, 6.45) is 2.76. The summed E-state index contributed by atoms with van der Waals surface area (Å²) in [7, 11) is 0. The van der Waals surface area contributed by atoms with E-state index < -0.39 is 0 Å². The molecular weight excluding hydrogens is 460 g/mol. The minimum Gasteiger partial charge on any atom is -0.439 e. The molecule has 2 aliphatic rings. The van der Waals surface area contributed by atoms with E-state index in [0.717, 1.165) is 24.8 Å². The summed E-state index contributed by atoms with van der Waals surface area (Å²) in [5.41, 5.74) is 3.54. The Labute approximate surface area is 206 Å². The Kier molecular flexibility index (Phi) is 5.45. The Morgan fingerprint density at radius 2 is 1.80 bits per heavy atom. The molecule has 8 heteroatoms. The lowest BCUT2D eigenvalue weighted by molar-refractivity contribution is -0.118. The molecule has 0 saturated heterocycles. The fraction of sp³-hybridized carbons (Fsp3) is 0.259. The molecule has 7 nitrogen and oxygen atoms in total. The number of anilines is 2.